The Morgan fingerprint density at radius 3 is 2.43 bits per heavy atom. The Labute approximate surface area is 97.1 Å². The lowest BCUT2D eigenvalue weighted by atomic mass is 10.1. The van der Waals surface area contributed by atoms with Crippen LogP contribution in [-0.2, 0) is 0 Å². The number of halogens is 5. The zero-order valence-corrected chi connectivity index (χ0v) is 9.63. The van der Waals surface area contributed by atoms with Crippen molar-refractivity contribution in [1.29, 1.82) is 0 Å². The molecule has 1 aromatic rings. The zero-order chi connectivity index (χ0) is 10.9. The molecule has 0 atom stereocenters. The lowest BCUT2D eigenvalue weighted by molar-refractivity contribution is 0.0679. The Bertz CT molecular complexity index is 382. The molecule has 0 aliphatic rings. The van der Waals surface area contributed by atoms with E-state index >= 15 is 0 Å². The van der Waals surface area contributed by atoms with E-state index in [1.165, 1.54) is 12.1 Å². The van der Waals surface area contributed by atoms with Crippen molar-refractivity contribution in [1.82, 2.24) is 0 Å². The molecule has 1 rings (SSSR count). The van der Waals surface area contributed by atoms with Gasteiger partial charge < -0.3 is 0 Å². The summed E-state index contributed by atoms with van der Waals surface area (Å²) in [4.78, 5) is 11.0. The molecular formula is C8H3BrCl2F2O. The minimum atomic E-state index is -3.11. The van der Waals surface area contributed by atoms with Gasteiger partial charge in [0.15, 0.2) is 0 Å². The second kappa shape index (κ2) is 4.55. The van der Waals surface area contributed by atoms with Gasteiger partial charge in [-0.25, -0.2) is 8.78 Å². The number of Topliss-reactive ketones (excluding diaryl/α,β-unsaturated/α-hetero) is 1. The molecule has 0 unspecified atom stereocenters. The lowest BCUT2D eigenvalue weighted by Gasteiger charge is -2.06. The molecule has 1 aromatic carbocycles. The third-order valence-electron chi connectivity index (χ3n) is 1.49. The van der Waals surface area contributed by atoms with E-state index in [4.69, 9.17) is 23.2 Å². The highest BCUT2D eigenvalue weighted by molar-refractivity contribution is 9.10. The molecule has 76 valence electrons. The van der Waals surface area contributed by atoms with Crippen molar-refractivity contribution in [3.05, 3.63) is 32.2 Å². The van der Waals surface area contributed by atoms with E-state index in [0.29, 0.717) is 4.47 Å². The number of benzene rings is 1. The fourth-order valence-corrected chi connectivity index (χ4v) is 1.75. The summed E-state index contributed by atoms with van der Waals surface area (Å²) in [6.45, 7) is 0. The maximum absolute atomic E-state index is 12.1. The van der Waals surface area contributed by atoms with E-state index in [1.807, 2.05) is 0 Å². The first kappa shape index (κ1) is 11.9. The lowest BCUT2D eigenvalue weighted by Crippen LogP contribution is -2.11. The summed E-state index contributed by atoms with van der Waals surface area (Å²) >= 11 is 14.2. The van der Waals surface area contributed by atoms with Gasteiger partial charge in [0.2, 0.25) is 5.78 Å². The summed E-state index contributed by atoms with van der Waals surface area (Å²) in [5, 5.41) is -0.175. The van der Waals surface area contributed by atoms with Crippen LogP contribution in [0.1, 0.15) is 10.4 Å². The molecule has 0 N–H and O–H groups in total. The first-order chi connectivity index (χ1) is 6.45. The molecule has 0 aliphatic carbocycles. The Morgan fingerprint density at radius 2 is 1.93 bits per heavy atom. The molecule has 14 heavy (non-hydrogen) atoms. The number of rotatable bonds is 2. The average molecular weight is 304 g/mol. The van der Waals surface area contributed by atoms with Crippen LogP contribution in [0.25, 0.3) is 0 Å². The SMILES string of the molecule is O=C(c1c(Cl)ccc(Br)c1Cl)C(F)F. The minimum Gasteiger partial charge on any atom is -0.288 e. The van der Waals surface area contributed by atoms with Gasteiger partial charge in [0.1, 0.15) is 0 Å². The van der Waals surface area contributed by atoms with Gasteiger partial charge in [-0.05, 0) is 28.1 Å². The molecule has 0 saturated heterocycles. The van der Waals surface area contributed by atoms with Crippen LogP contribution in [-0.4, -0.2) is 12.2 Å². The monoisotopic (exact) mass is 302 g/mol. The molecule has 1 nitrogen and oxygen atoms in total. The molecule has 0 saturated carbocycles. The van der Waals surface area contributed by atoms with Crippen molar-refractivity contribution in [3.8, 4) is 0 Å². The molecule has 0 aromatic heterocycles. The maximum atomic E-state index is 12.1. The fraction of sp³-hybridized carbons (Fsp3) is 0.125. The number of hydrogen-bond acceptors (Lipinski definition) is 1. The highest BCUT2D eigenvalue weighted by Crippen LogP contribution is 2.32. The highest BCUT2D eigenvalue weighted by Gasteiger charge is 2.24. The van der Waals surface area contributed by atoms with E-state index in [0.717, 1.165) is 0 Å². The van der Waals surface area contributed by atoms with Crippen molar-refractivity contribution in [3.63, 3.8) is 0 Å². The average Bonchev–Trinajstić information content (AvgIpc) is 2.12. The molecule has 6 heteroatoms. The van der Waals surface area contributed by atoms with E-state index in [-0.39, 0.29) is 15.6 Å². The Hall–Kier alpha value is -0.190. The normalized spacial score (nSPS) is 10.7. The van der Waals surface area contributed by atoms with Gasteiger partial charge >= 0.3 is 6.43 Å². The topological polar surface area (TPSA) is 17.1 Å². The standard InChI is InChI=1S/C8H3BrCl2F2O/c9-3-1-2-4(10)5(6(3)11)7(14)8(12)13/h1-2,8H. The number of hydrogen-bond donors (Lipinski definition) is 0. The van der Waals surface area contributed by atoms with Gasteiger partial charge in [0, 0.05) is 4.47 Å². The van der Waals surface area contributed by atoms with E-state index in [9.17, 15) is 13.6 Å². The van der Waals surface area contributed by atoms with Crippen molar-refractivity contribution < 1.29 is 13.6 Å². The molecule has 0 aliphatic heterocycles. The smallest absolute Gasteiger partial charge is 0.288 e. The number of ketones is 1. The van der Waals surface area contributed by atoms with Gasteiger partial charge in [-0.3, -0.25) is 4.79 Å². The third-order valence-corrected chi connectivity index (χ3v) is 3.09. The first-order valence-corrected chi connectivity index (χ1v) is 4.96. The minimum absolute atomic E-state index is 0.0801. The molecular weight excluding hydrogens is 301 g/mol. The Kier molecular flexibility index (Phi) is 3.86. The maximum Gasteiger partial charge on any atom is 0.300 e. The summed E-state index contributed by atoms with van der Waals surface area (Å²) in [5.74, 6) is -1.37. The fourth-order valence-electron chi connectivity index (χ4n) is 0.862. The molecule has 0 spiro atoms. The van der Waals surface area contributed by atoms with Gasteiger partial charge in [-0.1, -0.05) is 23.2 Å². The summed E-state index contributed by atoms with van der Waals surface area (Å²) < 4.78 is 24.6. The highest BCUT2D eigenvalue weighted by atomic mass is 79.9. The van der Waals surface area contributed by atoms with Crippen molar-refractivity contribution >= 4 is 44.9 Å². The molecule has 0 bridgehead atoms. The van der Waals surface area contributed by atoms with Crippen LogP contribution in [0.3, 0.4) is 0 Å². The summed E-state index contributed by atoms with van der Waals surface area (Å²) in [7, 11) is 0. The van der Waals surface area contributed by atoms with Crippen molar-refractivity contribution in [2.75, 3.05) is 0 Å². The predicted molar refractivity (Wildman–Crippen MR) is 54.5 cm³/mol. The van der Waals surface area contributed by atoms with Crippen molar-refractivity contribution in [2.45, 2.75) is 6.43 Å². The van der Waals surface area contributed by atoms with Crippen LogP contribution in [0.15, 0.2) is 16.6 Å². The second-order valence-corrected chi connectivity index (χ2v) is 4.02. The predicted octanol–water partition coefficient (Wildman–Crippen LogP) is 4.20. The van der Waals surface area contributed by atoms with E-state index in [1.54, 1.807) is 0 Å². The van der Waals surface area contributed by atoms with E-state index < -0.39 is 12.2 Å². The van der Waals surface area contributed by atoms with Gasteiger partial charge in [-0.15, -0.1) is 0 Å². The number of carbonyl (C=O) groups is 1. The number of carbonyl (C=O) groups excluding carboxylic acids is 1. The first-order valence-electron chi connectivity index (χ1n) is 3.41. The second-order valence-electron chi connectivity index (χ2n) is 2.38. The Balaban J connectivity index is 3.33. The van der Waals surface area contributed by atoms with E-state index in [2.05, 4.69) is 15.9 Å². The third kappa shape index (κ3) is 2.24. The van der Waals surface area contributed by atoms with Crippen LogP contribution >= 0.6 is 39.1 Å². The molecule has 0 fully saturated rings. The molecule has 0 heterocycles. The van der Waals surface area contributed by atoms with Crippen molar-refractivity contribution in [2.24, 2.45) is 0 Å². The largest absolute Gasteiger partial charge is 0.300 e. The Morgan fingerprint density at radius 1 is 1.36 bits per heavy atom. The summed E-state index contributed by atoms with van der Waals surface area (Å²) in [6.07, 6.45) is -3.11. The quantitative estimate of drug-likeness (QED) is 0.591. The van der Waals surface area contributed by atoms with Crippen LogP contribution in [0.5, 0.6) is 0 Å². The summed E-state index contributed by atoms with van der Waals surface area (Å²) in [5.41, 5.74) is -0.349. The zero-order valence-electron chi connectivity index (χ0n) is 6.53. The molecule has 0 radical (unpaired) electrons. The van der Waals surface area contributed by atoms with Gasteiger partial charge in [0.05, 0.1) is 15.6 Å². The van der Waals surface area contributed by atoms with Gasteiger partial charge in [0.25, 0.3) is 0 Å². The van der Waals surface area contributed by atoms with Crippen LogP contribution in [0.4, 0.5) is 8.78 Å². The number of alkyl halides is 2. The van der Waals surface area contributed by atoms with Crippen LogP contribution in [0.2, 0.25) is 10.0 Å². The summed E-state index contributed by atoms with van der Waals surface area (Å²) in [6, 6.07) is 2.81. The van der Waals surface area contributed by atoms with Crippen LogP contribution in [0, 0.1) is 0 Å². The van der Waals surface area contributed by atoms with Gasteiger partial charge in [-0.2, -0.15) is 0 Å². The van der Waals surface area contributed by atoms with Crippen LogP contribution < -0.4 is 0 Å². The molecule has 0 amide bonds.